The molecule has 32 heavy (non-hydrogen) atoms. The molecule has 2 aromatic carbocycles. The van der Waals surface area contributed by atoms with Crippen LogP contribution in [0.25, 0.3) is 0 Å². The summed E-state index contributed by atoms with van der Waals surface area (Å²) in [6, 6.07) is 10.4. The van der Waals surface area contributed by atoms with Crippen molar-refractivity contribution in [3.05, 3.63) is 65.7 Å². The summed E-state index contributed by atoms with van der Waals surface area (Å²) in [5.41, 5.74) is 0.505. The van der Waals surface area contributed by atoms with E-state index in [1.54, 1.807) is 29.2 Å². The molecule has 0 spiro atoms. The quantitative estimate of drug-likeness (QED) is 0.668. The molecular weight excluding hydrogens is 460 g/mol. The van der Waals surface area contributed by atoms with Crippen molar-refractivity contribution >= 4 is 33.6 Å². The zero-order valence-corrected chi connectivity index (χ0v) is 18.6. The van der Waals surface area contributed by atoms with Crippen molar-refractivity contribution < 1.29 is 26.8 Å². The summed E-state index contributed by atoms with van der Waals surface area (Å²) in [7, 11) is -4.15. The smallest absolute Gasteiger partial charge is 0.255 e. The molecule has 2 aliphatic heterocycles. The summed E-state index contributed by atoms with van der Waals surface area (Å²) in [6.45, 7) is 0.208. The number of amides is 2. The van der Waals surface area contributed by atoms with Gasteiger partial charge in [-0.25, -0.2) is 17.2 Å². The van der Waals surface area contributed by atoms with Crippen LogP contribution in [0.3, 0.4) is 0 Å². The van der Waals surface area contributed by atoms with Crippen molar-refractivity contribution in [2.24, 2.45) is 0 Å². The minimum Gasteiger partial charge on any atom is -0.338 e. The SMILES string of the molecule is O=C([C@@H]1CSCN1C(=O)c1ccccc1)N1CCN(S(=O)(=O)c2ccc(F)cc2F)CC1. The van der Waals surface area contributed by atoms with Crippen molar-refractivity contribution in [2.45, 2.75) is 10.9 Å². The highest BCUT2D eigenvalue weighted by Gasteiger charge is 2.39. The first kappa shape index (κ1) is 22.7. The fraction of sp³-hybridized carbons (Fsp3) is 0.333. The van der Waals surface area contributed by atoms with E-state index in [2.05, 4.69) is 0 Å². The van der Waals surface area contributed by atoms with E-state index < -0.39 is 32.6 Å². The zero-order chi connectivity index (χ0) is 22.9. The third-order valence-corrected chi connectivity index (χ3v) is 8.46. The maximum absolute atomic E-state index is 14.0. The summed E-state index contributed by atoms with van der Waals surface area (Å²) >= 11 is 1.49. The minimum atomic E-state index is -4.15. The molecule has 7 nitrogen and oxygen atoms in total. The molecule has 0 unspecified atom stereocenters. The van der Waals surface area contributed by atoms with Crippen molar-refractivity contribution in [3.63, 3.8) is 0 Å². The fourth-order valence-electron chi connectivity index (χ4n) is 3.78. The van der Waals surface area contributed by atoms with Gasteiger partial charge < -0.3 is 9.80 Å². The highest BCUT2D eigenvalue weighted by Crippen LogP contribution is 2.26. The Hall–Kier alpha value is -2.50. The molecule has 1 atom stereocenters. The zero-order valence-electron chi connectivity index (χ0n) is 17.0. The Morgan fingerprint density at radius 1 is 0.969 bits per heavy atom. The Balaban J connectivity index is 1.42. The van der Waals surface area contributed by atoms with Crippen LogP contribution in [0.5, 0.6) is 0 Å². The molecule has 0 saturated carbocycles. The molecule has 4 rings (SSSR count). The van der Waals surface area contributed by atoms with E-state index in [4.69, 9.17) is 0 Å². The van der Waals surface area contributed by atoms with Crippen molar-refractivity contribution in [1.29, 1.82) is 0 Å². The van der Waals surface area contributed by atoms with E-state index in [1.165, 1.54) is 16.7 Å². The summed E-state index contributed by atoms with van der Waals surface area (Å²) in [5, 5.41) is 0. The normalized spacial score (nSPS) is 19.9. The van der Waals surface area contributed by atoms with Gasteiger partial charge in [0, 0.05) is 43.6 Å². The highest BCUT2D eigenvalue weighted by molar-refractivity contribution is 7.99. The number of halogens is 2. The second-order valence-corrected chi connectivity index (χ2v) is 10.4. The number of hydrogen-bond donors (Lipinski definition) is 0. The summed E-state index contributed by atoms with van der Waals surface area (Å²) in [6.07, 6.45) is 0. The van der Waals surface area contributed by atoms with Gasteiger partial charge in [-0.15, -0.1) is 11.8 Å². The Bertz CT molecular complexity index is 1120. The lowest BCUT2D eigenvalue weighted by Gasteiger charge is -2.36. The summed E-state index contributed by atoms with van der Waals surface area (Å²) in [5.74, 6) is -1.59. The van der Waals surface area contributed by atoms with Crippen LogP contribution in [0.15, 0.2) is 53.4 Å². The molecule has 0 bridgehead atoms. The van der Waals surface area contributed by atoms with Crippen molar-refractivity contribution in [1.82, 2.24) is 14.1 Å². The molecule has 2 aliphatic rings. The first-order valence-corrected chi connectivity index (χ1v) is 12.6. The second kappa shape index (κ2) is 9.16. The predicted octanol–water partition coefficient (Wildman–Crippen LogP) is 2.01. The van der Waals surface area contributed by atoms with E-state index in [9.17, 15) is 26.8 Å². The van der Waals surface area contributed by atoms with Gasteiger partial charge in [0.05, 0.1) is 5.88 Å². The lowest BCUT2D eigenvalue weighted by atomic mass is 10.1. The molecule has 0 N–H and O–H groups in total. The molecule has 2 amide bonds. The number of thioether (sulfide) groups is 1. The van der Waals surface area contributed by atoms with Crippen molar-refractivity contribution in [2.75, 3.05) is 37.8 Å². The van der Waals surface area contributed by atoms with Crippen molar-refractivity contribution in [3.8, 4) is 0 Å². The van der Waals surface area contributed by atoms with Crippen LogP contribution in [0.4, 0.5) is 8.78 Å². The molecule has 0 radical (unpaired) electrons. The predicted molar refractivity (Wildman–Crippen MR) is 115 cm³/mol. The topological polar surface area (TPSA) is 78.0 Å². The van der Waals surface area contributed by atoms with E-state index in [0.29, 0.717) is 23.3 Å². The third kappa shape index (κ3) is 4.37. The molecule has 170 valence electrons. The maximum atomic E-state index is 14.0. The Morgan fingerprint density at radius 3 is 2.31 bits per heavy atom. The van der Waals surface area contributed by atoms with E-state index >= 15 is 0 Å². The van der Waals surface area contributed by atoms with Crippen LogP contribution in [0.1, 0.15) is 10.4 Å². The summed E-state index contributed by atoms with van der Waals surface area (Å²) < 4.78 is 53.8. The monoisotopic (exact) mass is 481 g/mol. The molecule has 0 aliphatic carbocycles. The first-order chi connectivity index (χ1) is 15.3. The molecule has 2 fully saturated rings. The van der Waals surface area contributed by atoms with E-state index in [0.717, 1.165) is 16.4 Å². The number of carbonyl (C=O) groups is 2. The third-order valence-electron chi connectivity index (χ3n) is 5.51. The number of hydrogen-bond acceptors (Lipinski definition) is 5. The lowest BCUT2D eigenvalue weighted by molar-refractivity contribution is -0.136. The standard InChI is InChI=1S/C21H21F2N3O4S2/c22-16-6-7-19(17(23)12-16)32(29,30)25-10-8-24(9-11-25)21(28)18-13-31-14-26(18)20(27)15-4-2-1-3-5-15/h1-7,12,18H,8-11,13-14H2/t18-/m0/s1. The number of benzene rings is 2. The molecule has 2 aromatic rings. The van der Waals surface area contributed by atoms with E-state index in [1.807, 2.05) is 6.07 Å². The fourth-order valence-corrected chi connectivity index (χ4v) is 6.39. The molecule has 0 aromatic heterocycles. The highest BCUT2D eigenvalue weighted by atomic mass is 32.2. The number of piperazine rings is 1. The Morgan fingerprint density at radius 2 is 1.66 bits per heavy atom. The Labute approximate surface area is 189 Å². The van der Waals surface area contributed by atoms with E-state index in [-0.39, 0.29) is 38.0 Å². The van der Waals surface area contributed by atoms with Crippen LogP contribution < -0.4 is 0 Å². The van der Waals surface area contributed by atoms with Gasteiger partial charge >= 0.3 is 0 Å². The molecule has 2 heterocycles. The number of nitrogens with zero attached hydrogens (tertiary/aromatic N) is 3. The van der Waals surface area contributed by atoms with Crippen LogP contribution >= 0.6 is 11.8 Å². The maximum Gasteiger partial charge on any atom is 0.255 e. The molecule has 11 heteroatoms. The second-order valence-electron chi connectivity index (χ2n) is 7.46. The average molecular weight is 482 g/mol. The minimum absolute atomic E-state index is 0.0165. The lowest BCUT2D eigenvalue weighted by Crippen LogP contribution is -2.55. The number of carbonyl (C=O) groups excluding carboxylic acids is 2. The van der Waals surface area contributed by atoms with Gasteiger partial charge in [-0.3, -0.25) is 9.59 Å². The molecular formula is C21H21F2N3O4S2. The van der Waals surface area contributed by atoms with Gasteiger partial charge in [-0.05, 0) is 24.3 Å². The molecule has 2 saturated heterocycles. The average Bonchev–Trinajstić information content (AvgIpc) is 3.28. The van der Waals surface area contributed by atoms with Gasteiger partial charge in [0.2, 0.25) is 15.9 Å². The first-order valence-electron chi connectivity index (χ1n) is 9.97. The van der Waals surface area contributed by atoms with Crippen LogP contribution in [0.2, 0.25) is 0 Å². The Kier molecular flexibility index (Phi) is 6.50. The van der Waals surface area contributed by atoms with Crippen LogP contribution in [-0.2, 0) is 14.8 Å². The van der Waals surface area contributed by atoms with Crippen LogP contribution in [0, 0.1) is 11.6 Å². The summed E-state index contributed by atoms with van der Waals surface area (Å²) in [4.78, 5) is 28.4. The van der Waals surface area contributed by atoms with Gasteiger partial charge in [0.15, 0.2) is 0 Å². The number of sulfonamides is 1. The number of rotatable bonds is 4. The van der Waals surface area contributed by atoms with Gasteiger partial charge in [0.25, 0.3) is 5.91 Å². The van der Waals surface area contributed by atoms with Gasteiger partial charge in [0.1, 0.15) is 22.6 Å². The van der Waals surface area contributed by atoms with Gasteiger partial charge in [-0.2, -0.15) is 4.31 Å². The largest absolute Gasteiger partial charge is 0.338 e. The van der Waals surface area contributed by atoms with Crippen LogP contribution in [-0.4, -0.2) is 78.2 Å². The van der Waals surface area contributed by atoms with Gasteiger partial charge in [-0.1, -0.05) is 18.2 Å².